The number of carbonyl (C=O) groups is 1. The van der Waals surface area contributed by atoms with Gasteiger partial charge in [0.05, 0.1) is 0 Å². The molecule has 0 aliphatic heterocycles. The number of carbonyl (C=O) groups excluding carboxylic acids is 1. The van der Waals surface area contributed by atoms with Crippen LogP contribution in [-0.2, 0) is 0 Å². The van der Waals surface area contributed by atoms with Crippen LogP contribution in [0.15, 0.2) is 36.4 Å². The summed E-state index contributed by atoms with van der Waals surface area (Å²) in [5.74, 6) is 0.366. The predicted octanol–water partition coefficient (Wildman–Crippen LogP) is 2.27. The van der Waals surface area contributed by atoms with Gasteiger partial charge in [-0.1, -0.05) is 6.08 Å². The Labute approximate surface area is 94.9 Å². The van der Waals surface area contributed by atoms with E-state index in [0.29, 0.717) is 5.56 Å². The van der Waals surface area contributed by atoms with Crippen LogP contribution in [0.3, 0.4) is 0 Å². The second-order valence-electron chi connectivity index (χ2n) is 3.90. The molecule has 0 saturated heterocycles. The van der Waals surface area contributed by atoms with Crippen molar-refractivity contribution in [1.29, 1.82) is 0 Å². The Hall–Kier alpha value is -1.77. The van der Waals surface area contributed by atoms with E-state index in [4.69, 9.17) is 10.5 Å². The van der Waals surface area contributed by atoms with Gasteiger partial charge in [0.25, 0.3) is 0 Å². The Bertz CT molecular complexity index is 395. The summed E-state index contributed by atoms with van der Waals surface area (Å²) < 4.78 is 5.75. The summed E-state index contributed by atoms with van der Waals surface area (Å²) in [5, 5.41) is 0. The lowest BCUT2D eigenvalue weighted by Crippen LogP contribution is -2.16. The van der Waals surface area contributed by atoms with Crippen molar-refractivity contribution < 1.29 is 9.53 Å². The molecule has 0 aromatic heterocycles. The molecule has 1 atom stereocenters. The zero-order chi connectivity index (χ0) is 11.4. The van der Waals surface area contributed by atoms with Crippen molar-refractivity contribution in [2.24, 2.45) is 5.73 Å². The molecule has 0 fully saturated rings. The van der Waals surface area contributed by atoms with Crippen molar-refractivity contribution in [2.75, 3.05) is 0 Å². The van der Waals surface area contributed by atoms with Crippen LogP contribution in [0.25, 0.3) is 0 Å². The highest BCUT2D eigenvalue weighted by Gasteiger charge is 2.09. The zero-order valence-corrected chi connectivity index (χ0v) is 9.06. The third-order valence-corrected chi connectivity index (χ3v) is 2.64. The summed E-state index contributed by atoms with van der Waals surface area (Å²) in [6, 6.07) is 6.93. The third-order valence-electron chi connectivity index (χ3n) is 2.64. The first-order chi connectivity index (χ1) is 7.75. The van der Waals surface area contributed by atoms with E-state index < -0.39 is 5.91 Å². The second-order valence-corrected chi connectivity index (χ2v) is 3.90. The lowest BCUT2D eigenvalue weighted by molar-refractivity contribution is 0.100. The quantitative estimate of drug-likeness (QED) is 0.789. The summed E-state index contributed by atoms with van der Waals surface area (Å²) >= 11 is 0. The monoisotopic (exact) mass is 217 g/mol. The first-order valence-electron chi connectivity index (χ1n) is 5.49. The van der Waals surface area contributed by atoms with Gasteiger partial charge in [-0.25, -0.2) is 0 Å². The zero-order valence-electron chi connectivity index (χ0n) is 9.06. The largest absolute Gasteiger partial charge is 0.486 e. The van der Waals surface area contributed by atoms with Crippen molar-refractivity contribution in [3.8, 4) is 5.75 Å². The van der Waals surface area contributed by atoms with E-state index in [9.17, 15) is 4.79 Å². The summed E-state index contributed by atoms with van der Waals surface area (Å²) in [5.41, 5.74) is 5.66. The maximum absolute atomic E-state index is 10.9. The molecular weight excluding hydrogens is 202 g/mol. The molecule has 3 heteroatoms. The SMILES string of the molecule is NC(=O)c1ccc(OC2C=CCCC2)cc1. The Morgan fingerprint density at radius 2 is 2.06 bits per heavy atom. The van der Waals surface area contributed by atoms with Gasteiger partial charge in [-0.05, 0) is 49.6 Å². The Balaban J connectivity index is 2.02. The topological polar surface area (TPSA) is 52.3 Å². The normalized spacial score (nSPS) is 19.4. The summed E-state index contributed by atoms with van der Waals surface area (Å²) in [7, 11) is 0. The molecule has 0 heterocycles. The number of hydrogen-bond acceptors (Lipinski definition) is 2. The van der Waals surface area contributed by atoms with E-state index in [-0.39, 0.29) is 6.10 Å². The molecule has 1 unspecified atom stereocenters. The van der Waals surface area contributed by atoms with Crippen LogP contribution >= 0.6 is 0 Å². The molecule has 2 rings (SSSR count). The number of ether oxygens (including phenoxy) is 1. The van der Waals surface area contributed by atoms with Gasteiger partial charge in [-0.15, -0.1) is 0 Å². The fourth-order valence-corrected chi connectivity index (χ4v) is 1.75. The van der Waals surface area contributed by atoms with Crippen molar-refractivity contribution in [3.05, 3.63) is 42.0 Å². The number of benzene rings is 1. The van der Waals surface area contributed by atoms with Gasteiger partial charge in [0.15, 0.2) is 0 Å². The Morgan fingerprint density at radius 1 is 1.31 bits per heavy atom. The van der Waals surface area contributed by atoms with E-state index in [0.717, 1.165) is 18.6 Å². The molecule has 1 aliphatic carbocycles. The van der Waals surface area contributed by atoms with E-state index in [2.05, 4.69) is 12.2 Å². The highest BCUT2D eigenvalue weighted by Crippen LogP contribution is 2.19. The molecule has 0 radical (unpaired) electrons. The minimum Gasteiger partial charge on any atom is -0.486 e. The van der Waals surface area contributed by atoms with Crippen molar-refractivity contribution in [3.63, 3.8) is 0 Å². The molecule has 1 aromatic rings. The molecule has 1 aliphatic rings. The van der Waals surface area contributed by atoms with E-state index >= 15 is 0 Å². The minimum atomic E-state index is -0.413. The summed E-state index contributed by atoms with van der Waals surface area (Å²) in [4.78, 5) is 10.9. The Morgan fingerprint density at radius 3 is 2.62 bits per heavy atom. The molecule has 0 spiro atoms. The van der Waals surface area contributed by atoms with Crippen molar-refractivity contribution in [2.45, 2.75) is 25.4 Å². The molecule has 2 N–H and O–H groups in total. The van der Waals surface area contributed by atoms with Gasteiger partial charge < -0.3 is 10.5 Å². The first-order valence-corrected chi connectivity index (χ1v) is 5.49. The highest BCUT2D eigenvalue weighted by atomic mass is 16.5. The molecule has 3 nitrogen and oxygen atoms in total. The average Bonchev–Trinajstić information content (AvgIpc) is 2.31. The van der Waals surface area contributed by atoms with Gasteiger partial charge in [-0.3, -0.25) is 4.79 Å². The van der Waals surface area contributed by atoms with Gasteiger partial charge in [0, 0.05) is 5.56 Å². The number of allylic oxidation sites excluding steroid dienone is 1. The van der Waals surface area contributed by atoms with Crippen LogP contribution in [0.4, 0.5) is 0 Å². The first kappa shape index (κ1) is 10.7. The number of primary amides is 1. The van der Waals surface area contributed by atoms with Crippen LogP contribution in [0, 0.1) is 0 Å². The van der Waals surface area contributed by atoms with E-state index in [1.807, 2.05) is 0 Å². The predicted molar refractivity (Wildman–Crippen MR) is 62.4 cm³/mol. The fraction of sp³-hybridized carbons (Fsp3) is 0.308. The lowest BCUT2D eigenvalue weighted by Gasteiger charge is -2.18. The lowest BCUT2D eigenvalue weighted by atomic mass is 10.1. The van der Waals surface area contributed by atoms with Gasteiger partial charge in [0.2, 0.25) is 5.91 Å². The smallest absolute Gasteiger partial charge is 0.248 e. The van der Waals surface area contributed by atoms with Crippen LogP contribution in [-0.4, -0.2) is 12.0 Å². The molecule has 1 amide bonds. The summed E-state index contributed by atoms with van der Waals surface area (Å²) in [6.45, 7) is 0. The standard InChI is InChI=1S/C13H15NO2/c14-13(15)10-6-8-12(9-7-10)16-11-4-2-1-3-5-11/h2,4,6-9,11H,1,3,5H2,(H2,14,15). The van der Waals surface area contributed by atoms with E-state index in [1.165, 1.54) is 6.42 Å². The highest BCUT2D eigenvalue weighted by molar-refractivity contribution is 5.92. The fourth-order valence-electron chi connectivity index (χ4n) is 1.75. The summed E-state index contributed by atoms with van der Waals surface area (Å²) in [6.07, 6.45) is 7.75. The van der Waals surface area contributed by atoms with Gasteiger partial charge >= 0.3 is 0 Å². The maximum Gasteiger partial charge on any atom is 0.248 e. The maximum atomic E-state index is 10.9. The van der Waals surface area contributed by atoms with Crippen molar-refractivity contribution in [1.82, 2.24) is 0 Å². The van der Waals surface area contributed by atoms with Crippen LogP contribution in [0.5, 0.6) is 5.75 Å². The molecular formula is C13H15NO2. The number of nitrogens with two attached hydrogens (primary N) is 1. The molecule has 84 valence electrons. The molecule has 1 aromatic carbocycles. The molecule has 0 saturated carbocycles. The van der Waals surface area contributed by atoms with Crippen LogP contribution in [0.2, 0.25) is 0 Å². The van der Waals surface area contributed by atoms with Gasteiger partial charge in [0.1, 0.15) is 11.9 Å². The number of amides is 1. The number of rotatable bonds is 3. The van der Waals surface area contributed by atoms with E-state index in [1.54, 1.807) is 24.3 Å². The van der Waals surface area contributed by atoms with Crippen molar-refractivity contribution >= 4 is 5.91 Å². The molecule has 16 heavy (non-hydrogen) atoms. The van der Waals surface area contributed by atoms with Crippen LogP contribution < -0.4 is 10.5 Å². The Kier molecular flexibility index (Phi) is 3.25. The minimum absolute atomic E-state index is 0.160. The van der Waals surface area contributed by atoms with Crippen LogP contribution in [0.1, 0.15) is 29.6 Å². The second kappa shape index (κ2) is 4.84. The van der Waals surface area contributed by atoms with Gasteiger partial charge in [-0.2, -0.15) is 0 Å². The average molecular weight is 217 g/mol. The third kappa shape index (κ3) is 2.63. The number of hydrogen-bond donors (Lipinski definition) is 1. The molecule has 0 bridgehead atoms.